The second-order valence-corrected chi connectivity index (χ2v) is 7.11. The van der Waals surface area contributed by atoms with Crippen LogP contribution < -0.4 is 10.2 Å². The summed E-state index contributed by atoms with van der Waals surface area (Å²) in [6.45, 7) is 0.312. The minimum atomic E-state index is -0.619. The highest BCUT2D eigenvalue weighted by Gasteiger charge is 2.21. The van der Waals surface area contributed by atoms with Crippen LogP contribution in [0.25, 0.3) is 17.0 Å². The van der Waals surface area contributed by atoms with Gasteiger partial charge in [-0.05, 0) is 42.8 Å². The van der Waals surface area contributed by atoms with E-state index in [1.165, 1.54) is 6.08 Å². The first-order chi connectivity index (χ1) is 15.1. The maximum absolute atomic E-state index is 12.1. The minimum Gasteiger partial charge on any atom is -0.452 e. The van der Waals surface area contributed by atoms with E-state index in [-0.39, 0.29) is 5.91 Å². The number of aromatic nitrogens is 1. The van der Waals surface area contributed by atoms with Crippen LogP contribution in [0.1, 0.15) is 18.4 Å². The van der Waals surface area contributed by atoms with Gasteiger partial charge >= 0.3 is 5.97 Å². The predicted molar refractivity (Wildman–Crippen MR) is 118 cm³/mol. The van der Waals surface area contributed by atoms with Crippen LogP contribution >= 0.6 is 0 Å². The molecule has 7 nitrogen and oxygen atoms in total. The lowest BCUT2D eigenvalue weighted by molar-refractivity contribution is -0.142. The number of nitrogens with one attached hydrogen (secondary N) is 1. The van der Waals surface area contributed by atoms with Gasteiger partial charge in [0.2, 0.25) is 5.91 Å². The van der Waals surface area contributed by atoms with Crippen LogP contribution in [0.5, 0.6) is 0 Å². The zero-order chi connectivity index (χ0) is 21.6. The van der Waals surface area contributed by atoms with Gasteiger partial charge in [0.05, 0.1) is 5.52 Å². The van der Waals surface area contributed by atoms with Crippen LogP contribution in [-0.4, -0.2) is 35.9 Å². The zero-order valence-electron chi connectivity index (χ0n) is 16.8. The Morgan fingerprint density at radius 3 is 2.68 bits per heavy atom. The summed E-state index contributed by atoms with van der Waals surface area (Å²) in [5.74, 6) is -0.958. The first-order valence-electron chi connectivity index (χ1n) is 9.99. The van der Waals surface area contributed by atoms with Gasteiger partial charge in [-0.3, -0.25) is 14.6 Å². The van der Waals surface area contributed by atoms with E-state index in [1.807, 2.05) is 30.3 Å². The Hall–Kier alpha value is -4.00. The van der Waals surface area contributed by atoms with E-state index in [4.69, 9.17) is 4.74 Å². The molecular weight excluding hydrogens is 394 g/mol. The number of rotatable bonds is 6. The topological polar surface area (TPSA) is 88.6 Å². The van der Waals surface area contributed by atoms with Crippen molar-refractivity contribution in [1.82, 2.24) is 4.98 Å². The number of nitrogens with zero attached hydrogens (tertiary/aromatic N) is 2. The molecular formula is C24H21N3O4. The predicted octanol–water partition coefficient (Wildman–Crippen LogP) is 3.56. The summed E-state index contributed by atoms with van der Waals surface area (Å²) in [7, 11) is 0. The molecule has 0 aliphatic carbocycles. The van der Waals surface area contributed by atoms with Crippen LogP contribution in [0.2, 0.25) is 0 Å². The molecule has 1 aromatic heterocycles. The number of benzene rings is 2. The van der Waals surface area contributed by atoms with Crippen LogP contribution in [0.3, 0.4) is 0 Å². The molecule has 0 spiro atoms. The molecule has 0 bridgehead atoms. The third-order valence-corrected chi connectivity index (χ3v) is 4.94. The lowest BCUT2D eigenvalue weighted by Gasteiger charge is -2.16. The summed E-state index contributed by atoms with van der Waals surface area (Å²) >= 11 is 0. The smallest absolute Gasteiger partial charge is 0.331 e. The average Bonchev–Trinajstić information content (AvgIpc) is 3.22. The van der Waals surface area contributed by atoms with E-state index in [9.17, 15) is 14.4 Å². The summed E-state index contributed by atoms with van der Waals surface area (Å²) in [5.41, 5.74) is 2.94. The van der Waals surface area contributed by atoms with Gasteiger partial charge in [-0.15, -0.1) is 0 Å². The van der Waals surface area contributed by atoms with Crippen molar-refractivity contribution in [1.29, 1.82) is 0 Å². The molecule has 0 radical (unpaired) electrons. The first-order valence-corrected chi connectivity index (χ1v) is 9.99. The molecule has 0 unspecified atom stereocenters. The van der Waals surface area contributed by atoms with Gasteiger partial charge in [-0.1, -0.05) is 24.3 Å². The van der Waals surface area contributed by atoms with Gasteiger partial charge in [-0.25, -0.2) is 4.79 Å². The van der Waals surface area contributed by atoms with Crippen LogP contribution in [0.4, 0.5) is 11.4 Å². The Kier molecular flexibility index (Phi) is 6.03. The molecule has 7 heteroatoms. The van der Waals surface area contributed by atoms with Crippen molar-refractivity contribution in [2.45, 2.75) is 12.8 Å². The summed E-state index contributed by atoms with van der Waals surface area (Å²) in [4.78, 5) is 41.9. The number of amides is 2. The van der Waals surface area contributed by atoms with E-state index in [0.29, 0.717) is 18.7 Å². The number of ether oxygens (including phenoxy) is 1. The quantitative estimate of drug-likeness (QED) is 0.491. The van der Waals surface area contributed by atoms with Gasteiger partial charge in [0.25, 0.3) is 5.91 Å². The molecule has 1 N–H and O–H groups in total. The highest BCUT2D eigenvalue weighted by Crippen LogP contribution is 2.23. The maximum atomic E-state index is 12.1. The molecule has 0 saturated carbocycles. The highest BCUT2D eigenvalue weighted by molar-refractivity contribution is 5.97. The molecule has 2 heterocycles. The van der Waals surface area contributed by atoms with Gasteiger partial charge < -0.3 is 15.0 Å². The Morgan fingerprint density at radius 1 is 1.10 bits per heavy atom. The summed E-state index contributed by atoms with van der Waals surface area (Å²) in [6, 6.07) is 16.5. The number of fused-ring (bicyclic) bond motifs is 1. The highest BCUT2D eigenvalue weighted by atomic mass is 16.5. The van der Waals surface area contributed by atoms with Crippen molar-refractivity contribution in [2.75, 3.05) is 23.4 Å². The SMILES string of the molecule is O=C(COC(=O)/C=C/c1cccc2cccnc12)Nc1ccc(N2CCCC2=O)cc1. The first kappa shape index (κ1) is 20.3. The molecule has 2 amide bonds. The van der Waals surface area contributed by atoms with Crippen LogP contribution in [0.15, 0.2) is 66.9 Å². The van der Waals surface area contributed by atoms with Gasteiger partial charge in [0.1, 0.15) is 0 Å². The fraction of sp³-hybridized carbons (Fsp3) is 0.167. The molecule has 1 aliphatic heterocycles. The van der Waals surface area contributed by atoms with Crippen molar-refractivity contribution in [3.05, 3.63) is 72.4 Å². The Balaban J connectivity index is 1.29. The number of para-hydroxylation sites is 1. The Bertz CT molecular complexity index is 1150. The van der Waals surface area contributed by atoms with Crippen molar-refractivity contribution in [3.63, 3.8) is 0 Å². The van der Waals surface area contributed by atoms with E-state index in [1.54, 1.807) is 41.4 Å². The molecule has 1 aliphatic rings. The fourth-order valence-corrected chi connectivity index (χ4v) is 3.45. The van der Waals surface area contributed by atoms with Crippen LogP contribution in [-0.2, 0) is 19.1 Å². The third-order valence-electron chi connectivity index (χ3n) is 4.94. The lowest BCUT2D eigenvalue weighted by Crippen LogP contribution is -2.23. The number of pyridine rings is 1. The molecule has 3 aromatic rings. The van der Waals surface area contributed by atoms with E-state index >= 15 is 0 Å². The Morgan fingerprint density at radius 2 is 1.90 bits per heavy atom. The monoisotopic (exact) mass is 415 g/mol. The summed E-state index contributed by atoms with van der Waals surface area (Å²) in [5, 5.41) is 3.64. The largest absolute Gasteiger partial charge is 0.452 e. The molecule has 1 saturated heterocycles. The van der Waals surface area contributed by atoms with Crippen molar-refractivity contribution in [2.24, 2.45) is 0 Å². The van der Waals surface area contributed by atoms with Gasteiger partial charge in [0, 0.05) is 47.6 Å². The summed E-state index contributed by atoms with van der Waals surface area (Å²) < 4.78 is 5.02. The molecule has 2 aromatic carbocycles. The zero-order valence-corrected chi connectivity index (χ0v) is 16.8. The molecule has 31 heavy (non-hydrogen) atoms. The molecule has 156 valence electrons. The second-order valence-electron chi connectivity index (χ2n) is 7.11. The maximum Gasteiger partial charge on any atom is 0.331 e. The van der Waals surface area contributed by atoms with Crippen LogP contribution in [0, 0.1) is 0 Å². The van der Waals surface area contributed by atoms with Gasteiger partial charge in [0.15, 0.2) is 6.61 Å². The third kappa shape index (κ3) is 4.95. The lowest BCUT2D eigenvalue weighted by atomic mass is 10.1. The normalized spacial score (nSPS) is 13.7. The van der Waals surface area contributed by atoms with E-state index < -0.39 is 18.5 Å². The minimum absolute atomic E-state index is 0.107. The number of carbonyl (C=O) groups excluding carboxylic acids is 3. The van der Waals surface area contributed by atoms with Crippen molar-refractivity contribution < 1.29 is 19.1 Å². The second kappa shape index (κ2) is 9.21. The number of hydrogen-bond acceptors (Lipinski definition) is 5. The van der Waals surface area contributed by atoms with Gasteiger partial charge in [-0.2, -0.15) is 0 Å². The molecule has 1 fully saturated rings. The van der Waals surface area contributed by atoms with E-state index in [0.717, 1.165) is 28.6 Å². The summed E-state index contributed by atoms with van der Waals surface area (Å²) in [6.07, 6.45) is 6.01. The average molecular weight is 415 g/mol. The van der Waals surface area contributed by atoms with E-state index in [2.05, 4.69) is 10.3 Å². The van der Waals surface area contributed by atoms with Crippen molar-refractivity contribution >= 4 is 46.1 Å². The fourth-order valence-electron chi connectivity index (χ4n) is 3.45. The number of esters is 1. The number of carbonyl (C=O) groups is 3. The standard InChI is InChI=1S/C24H21N3O4/c28-21(26-19-9-11-20(12-10-19)27-15-3-7-22(27)29)16-31-23(30)13-8-18-5-1-4-17-6-2-14-25-24(17)18/h1-2,4-6,8-14H,3,7,15-16H2,(H,26,28)/b13-8+. The molecule has 0 atom stereocenters. The Labute approximate surface area is 179 Å². The number of hydrogen-bond donors (Lipinski definition) is 1. The number of anilines is 2. The van der Waals surface area contributed by atoms with Crippen molar-refractivity contribution in [3.8, 4) is 0 Å². The molecule has 4 rings (SSSR count).